The number of nitrogens with zero attached hydrogens (tertiary/aromatic N) is 4. The molecule has 6 nitrogen and oxygen atoms in total. The fourth-order valence-corrected chi connectivity index (χ4v) is 3.14. The van der Waals surface area contributed by atoms with Crippen LogP contribution in [0.2, 0.25) is 0 Å². The first kappa shape index (κ1) is 17.2. The molecule has 0 spiro atoms. The van der Waals surface area contributed by atoms with Crippen molar-refractivity contribution >= 4 is 33.5 Å². The van der Waals surface area contributed by atoms with Crippen molar-refractivity contribution in [2.24, 2.45) is 0 Å². The van der Waals surface area contributed by atoms with Crippen molar-refractivity contribution in [3.63, 3.8) is 0 Å². The van der Waals surface area contributed by atoms with Gasteiger partial charge in [0.05, 0.1) is 6.10 Å². The fraction of sp³-hybridized carbons (Fsp3) is 0.312. The van der Waals surface area contributed by atoms with Crippen molar-refractivity contribution in [3.8, 4) is 5.75 Å². The van der Waals surface area contributed by atoms with Gasteiger partial charge in [-0.15, -0.1) is 5.10 Å². The molecule has 0 aliphatic heterocycles. The highest BCUT2D eigenvalue weighted by atomic mass is 79.9. The summed E-state index contributed by atoms with van der Waals surface area (Å²) < 4.78 is 8.26. The molecule has 0 radical (unpaired) electrons. The highest BCUT2D eigenvalue weighted by Gasteiger charge is 2.12. The standard InChI is InChI=1S/C16H17BrN4O2S/c1-10-7-11(2)21-15(18-10)19-16(20-21)24-9-13(22)8-23-14-5-3-12(17)4-6-14/h3-7,13,22H,8-9H2,1-2H3/t13-/m1/s1. The van der Waals surface area contributed by atoms with Crippen molar-refractivity contribution < 1.29 is 9.84 Å². The van der Waals surface area contributed by atoms with Crippen LogP contribution in [0.15, 0.2) is 40.0 Å². The Balaban J connectivity index is 1.55. The van der Waals surface area contributed by atoms with Crippen LogP contribution >= 0.6 is 27.7 Å². The third-order valence-corrected chi connectivity index (χ3v) is 4.77. The Hall–Kier alpha value is -1.64. The molecule has 126 valence electrons. The average Bonchev–Trinajstić information content (AvgIpc) is 2.95. The molecule has 2 aromatic heterocycles. The second-order valence-electron chi connectivity index (χ2n) is 5.37. The van der Waals surface area contributed by atoms with Crippen LogP contribution in [0.25, 0.3) is 5.78 Å². The molecular weight excluding hydrogens is 392 g/mol. The molecular formula is C16H17BrN4O2S. The number of rotatable bonds is 6. The van der Waals surface area contributed by atoms with E-state index in [1.807, 2.05) is 44.2 Å². The molecule has 24 heavy (non-hydrogen) atoms. The lowest BCUT2D eigenvalue weighted by Crippen LogP contribution is -2.20. The van der Waals surface area contributed by atoms with Gasteiger partial charge in [0.2, 0.25) is 5.16 Å². The van der Waals surface area contributed by atoms with E-state index < -0.39 is 6.10 Å². The van der Waals surface area contributed by atoms with Gasteiger partial charge in [0, 0.05) is 21.6 Å². The Morgan fingerprint density at radius 3 is 2.75 bits per heavy atom. The van der Waals surface area contributed by atoms with Gasteiger partial charge in [0.25, 0.3) is 5.78 Å². The quantitative estimate of drug-likeness (QED) is 0.631. The minimum atomic E-state index is -0.610. The van der Waals surface area contributed by atoms with Gasteiger partial charge in [-0.2, -0.15) is 4.98 Å². The molecule has 0 saturated carbocycles. The molecule has 3 rings (SSSR count). The van der Waals surface area contributed by atoms with Crippen molar-refractivity contribution in [2.75, 3.05) is 12.4 Å². The van der Waals surface area contributed by atoms with Gasteiger partial charge in [0.1, 0.15) is 12.4 Å². The van der Waals surface area contributed by atoms with E-state index in [0.29, 0.717) is 16.7 Å². The number of aromatic nitrogens is 4. The van der Waals surface area contributed by atoms with E-state index in [4.69, 9.17) is 4.74 Å². The number of hydrogen-bond donors (Lipinski definition) is 1. The highest BCUT2D eigenvalue weighted by molar-refractivity contribution is 9.10. The first-order valence-electron chi connectivity index (χ1n) is 7.41. The second-order valence-corrected chi connectivity index (χ2v) is 7.28. The highest BCUT2D eigenvalue weighted by Crippen LogP contribution is 2.18. The van der Waals surface area contributed by atoms with Gasteiger partial charge in [-0.25, -0.2) is 9.50 Å². The predicted molar refractivity (Wildman–Crippen MR) is 96.6 cm³/mol. The van der Waals surface area contributed by atoms with E-state index in [1.165, 1.54) is 11.8 Å². The summed E-state index contributed by atoms with van der Waals surface area (Å²) >= 11 is 4.76. The Morgan fingerprint density at radius 2 is 2.00 bits per heavy atom. The fourth-order valence-electron chi connectivity index (χ4n) is 2.15. The van der Waals surface area contributed by atoms with Crippen LogP contribution in [0, 0.1) is 13.8 Å². The summed E-state index contributed by atoms with van der Waals surface area (Å²) in [5.41, 5.74) is 1.89. The third-order valence-electron chi connectivity index (χ3n) is 3.26. The average molecular weight is 409 g/mol. The molecule has 0 aliphatic rings. The Labute approximate surface area is 152 Å². The molecule has 8 heteroatoms. The maximum atomic E-state index is 10.1. The monoisotopic (exact) mass is 408 g/mol. The summed E-state index contributed by atoms with van der Waals surface area (Å²) in [5, 5.41) is 15.1. The predicted octanol–water partition coefficient (Wildman–Crippen LogP) is 3.04. The molecule has 1 N–H and O–H groups in total. The summed E-state index contributed by atoms with van der Waals surface area (Å²) in [6.45, 7) is 4.11. The van der Waals surface area contributed by atoms with Crippen LogP contribution < -0.4 is 4.74 Å². The van der Waals surface area contributed by atoms with Crippen LogP contribution in [-0.4, -0.2) is 43.2 Å². The maximum absolute atomic E-state index is 10.1. The first-order valence-corrected chi connectivity index (χ1v) is 9.19. The van der Waals surface area contributed by atoms with Crippen LogP contribution in [0.4, 0.5) is 0 Å². The summed E-state index contributed by atoms with van der Waals surface area (Å²) in [4.78, 5) is 8.73. The third kappa shape index (κ3) is 4.25. The minimum absolute atomic E-state index is 0.221. The molecule has 1 aromatic carbocycles. The maximum Gasteiger partial charge on any atom is 0.253 e. The Bertz CT molecular complexity index is 838. The van der Waals surface area contributed by atoms with E-state index in [-0.39, 0.29) is 6.61 Å². The van der Waals surface area contributed by atoms with E-state index in [0.717, 1.165) is 21.6 Å². The minimum Gasteiger partial charge on any atom is -0.491 e. The topological polar surface area (TPSA) is 72.5 Å². The molecule has 3 aromatic rings. The normalized spacial score (nSPS) is 12.5. The number of halogens is 1. The number of aryl methyl sites for hydroxylation is 2. The van der Waals surface area contributed by atoms with Crippen LogP contribution in [0.1, 0.15) is 11.4 Å². The zero-order valence-corrected chi connectivity index (χ0v) is 15.7. The van der Waals surface area contributed by atoms with Crippen molar-refractivity contribution in [2.45, 2.75) is 25.1 Å². The number of thioether (sulfide) groups is 1. The van der Waals surface area contributed by atoms with Gasteiger partial charge < -0.3 is 9.84 Å². The van der Waals surface area contributed by atoms with E-state index >= 15 is 0 Å². The summed E-state index contributed by atoms with van der Waals surface area (Å²) in [5.74, 6) is 1.75. The number of hydrogen-bond acceptors (Lipinski definition) is 6. The van der Waals surface area contributed by atoms with Gasteiger partial charge in [0.15, 0.2) is 0 Å². The van der Waals surface area contributed by atoms with Gasteiger partial charge in [-0.05, 0) is 44.2 Å². The number of aliphatic hydroxyl groups is 1. The number of ether oxygens (including phenoxy) is 1. The zero-order valence-electron chi connectivity index (χ0n) is 13.3. The number of benzene rings is 1. The van der Waals surface area contributed by atoms with Gasteiger partial charge in [-0.3, -0.25) is 0 Å². The molecule has 0 amide bonds. The van der Waals surface area contributed by atoms with Crippen molar-refractivity contribution in [1.82, 2.24) is 19.6 Å². The van der Waals surface area contributed by atoms with Crippen LogP contribution in [-0.2, 0) is 0 Å². The molecule has 0 aliphatic carbocycles. The molecule has 0 bridgehead atoms. The smallest absolute Gasteiger partial charge is 0.253 e. The second kappa shape index (κ2) is 7.50. The van der Waals surface area contributed by atoms with Crippen LogP contribution in [0.5, 0.6) is 5.75 Å². The lowest BCUT2D eigenvalue weighted by Gasteiger charge is -2.11. The van der Waals surface area contributed by atoms with E-state index in [1.54, 1.807) is 4.52 Å². The largest absolute Gasteiger partial charge is 0.491 e. The molecule has 0 unspecified atom stereocenters. The molecule has 0 saturated heterocycles. The van der Waals surface area contributed by atoms with E-state index in [2.05, 4.69) is 31.0 Å². The number of aliphatic hydroxyl groups excluding tert-OH is 1. The van der Waals surface area contributed by atoms with Crippen molar-refractivity contribution in [1.29, 1.82) is 0 Å². The van der Waals surface area contributed by atoms with Gasteiger partial charge in [-0.1, -0.05) is 27.7 Å². The zero-order chi connectivity index (χ0) is 17.1. The van der Waals surface area contributed by atoms with E-state index in [9.17, 15) is 5.11 Å². The summed E-state index contributed by atoms with van der Waals surface area (Å²) in [7, 11) is 0. The summed E-state index contributed by atoms with van der Waals surface area (Å²) in [6, 6.07) is 9.45. The lowest BCUT2D eigenvalue weighted by atomic mass is 10.3. The summed E-state index contributed by atoms with van der Waals surface area (Å²) in [6.07, 6.45) is -0.610. The molecule has 2 heterocycles. The number of fused-ring (bicyclic) bond motifs is 1. The van der Waals surface area contributed by atoms with Crippen LogP contribution in [0.3, 0.4) is 0 Å². The molecule has 0 fully saturated rings. The van der Waals surface area contributed by atoms with Crippen molar-refractivity contribution in [3.05, 3.63) is 46.2 Å². The van der Waals surface area contributed by atoms with Gasteiger partial charge >= 0.3 is 0 Å². The lowest BCUT2D eigenvalue weighted by molar-refractivity contribution is 0.126. The first-order chi connectivity index (χ1) is 11.5. The SMILES string of the molecule is Cc1cc(C)n2nc(SC[C@H](O)COc3ccc(Br)cc3)nc2n1. The molecule has 1 atom stereocenters. The Morgan fingerprint density at radius 1 is 1.25 bits per heavy atom. The Kier molecular flexibility index (Phi) is 5.37.